The van der Waals surface area contributed by atoms with Crippen LogP contribution in [0.4, 0.5) is 0 Å². The van der Waals surface area contributed by atoms with E-state index in [-0.39, 0.29) is 0 Å². The molecule has 0 spiro atoms. The van der Waals surface area contributed by atoms with Gasteiger partial charge in [-0.3, -0.25) is 0 Å². The highest BCUT2D eigenvalue weighted by molar-refractivity contribution is 7.18. The third-order valence-corrected chi connectivity index (χ3v) is 2.97. The van der Waals surface area contributed by atoms with Crippen molar-refractivity contribution in [2.24, 2.45) is 0 Å². The molecule has 68 valence electrons. The number of rotatable bonds is 2. The van der Waals surface area contributed by atoms with Crippen molar-refractivity contribution in [3.8, 4) is 5.88 Å². The smallest absolute Gasteiger partial charge is 0.214 e. The summed E-state index contributed by atoms with van der Waals surface area (Å²) in [6.07, 6.45) is 0. The minimum Gasteiger partial charge on any atom is -0.481 e. The van der Waals surface area contributed by atoms with Crippen LogP contribution in [-0.4, -0.2) is 17.1 Å². The van der Waals surface area contributed by atoms with E-state index in [1.54, 1.807) is 13.2 Å². The molecule has 2 aromatic rings. The molecule has 5 heteroatoms. The van der Waals surface area contributed by atoms with Crippen LogP contribution in [0.15, 0.2) is 12.1 Å². The first kappa shape index (κ1) is 8.72. The van der Waals surface area contributed by atoms with Crippen molar-refractivity contribution in [2.45, 2.75) is 5.88 Å². The van der Waals surface area contributed by atoms with Crippen LogP contribution in [0.3, 0.4) is 0 Å². The summed E-state index contributed by atoms with van der Waals surface area (Å²) in [4.78, 5) is 9.38. The Morgan fingerprint density at radius 3 is 3.00 bits per heavy atom. The Kier molecular flexibility index (Phi) is 2.33. The van der Waals surface area contributed by atoms with E-state index in [9.17, 15) is 0 Å². The van der Waals surface area contributed by atoms with Gasteiger partial charge in [-0.1, -0.05) is 11.3 Å². The molecule has 0 atom stereocenters. The molecule has 0 saturated carbocycles. The lowest BCUT2D eigenvalue weighted by atomic mass is 10.4. The van der Waals surface area contributed by atoms with Gasteiger partial charge in [-0.15, -0.1) is 11.6 Å². The molecule has 3 nitrogen and oxygen atoms in total. The summed E-state index contributed by atoms with van der Waals surface area (Å²) < 4.78 is 5.00. The lowest BCUT2D eigenvalue weighted by molar-refractivity contribution is 0.400. The predicted molar refractivity (Wildman–Crippen MR) is 53.5 cm³/mol. The highest BCUT2D eigenvalue weighted by Crippen LogP contribution is 2.23. The molecule has 0 fully saturated rings. The number of hydrogen-bond donors (Lipinski definition) is 0. The molecule has 0 aliphatic carbocycles. The number of methoxy groups -OCH3 is 1. The van der Waals surface area contributed by atoms with Gasteiger partial charge < -0.3 is 4.74 Å². The van der Waals surface area contributed by atoms with Crippen LogP contribution in [0.5, 0.6) is 5.88 Å². The molecule has 0 N–H and O–H groups in total. The number of nitrogens with zero attached hydrogens (tertiary/aromatic N) is 2. The van der Waals surface area contributed by atoms with Gasteiger partial charge in [-0.2, -0.15) is 0 Å². The minimum absolute atomic E-state index is 0.434. The van der Waals surface area contributed by atoms with E-state index in [0.29, 0.717) is 11.8 Å². The Labute approximate surface area is 84.3 Å². The van der Waals surface area contributed by atoms with Gasteiger partial charge in [0.05, 0.1) is 13.0 Å². The van der Waals surface area contributed by atoms with Gasteiger partial charge in [0.25, 0.3) is 0 Å². The minimum atomic E-state index is 0.434. The predicted octanol–water partition coefficient (Wildman–Crippen LogP) is 2.44. The molecule has 0 amide bonds. The van der Waals surface area contributed by atoms with Crippen molar-refractivity contribution in [3.63, 3.8) is 0 Å². The first-order valence-corrected chi connectivity index (χ1v) is 5.05. The molecule has 0 saturated heterocycles. The average Bonchev–Trinajstić information content (AvgIpc) is 2.58. The Morgan fingerprint density at radius 1 is 1.46 bits per heavy atom. The number of halogens is 1. The topological polar surface area (TPSA) is 35.0 Å². The Morgan fingerprint density at radius 2 is 2.31 bits per heavy atom. The lowest BCUT2D eigenvalue weighted by Crippen LogP contribution is -1.85. The summed E-state index contributed by atoms with van der Waals surface area (Å²) in [5.41, 5.74) is 0.876. The van der Waals surface area contributed by atoms with Crippen molar-refractivity contribution in [2.75, 3.05) is 7.11 Å². The van der Waals surface area contributed by atoms with Gasteiger partial charge in [0.15, 0.2) is 0 Å². The van der Waals surface area contributed by atoms with Gasteiger partial charge in [0.2, 0.25) is 5.88 Å². The largest absolute Gasteiger partial charge is 0.481 e. The molecule has 0 bridgehead atoms. The van der Waals surface area contributed by atoms with Crippen molar-refractivity contribution >= 4 is 33.3 Å². The average molecular weight is 215 g/mol. The van der Waals surface area contributed by atoms with Gasteiger partial charge in [0.1, 0.15) is 15.4 Å². The van der Waals surface area contributed by atoms with Crippen LogP contribution in [-0.2, 0) is 5.88 Å². The SMILES string of the molecule is COc1ccc2nc(CCl)sc2n1. The molecule has 0 aliphatic rings. The van der Waals surface area contributed by atoms with Gasteiger partial charge in [-0.25, -0.2) is 9.97 Å². The maximum absolute atomic E-state index is 5.66. The van der Waals surface area contributed by atoms with Crippen LogP contribution >= 0.6 is 22.9 Å². The fourth-order valence-corrected chi connectivity index (χ4v) is 2.01. The Bertz CT molecular complexity index is 427. The first-order chi connectivity index (χ1) is 6.33. The molecular weight excluding hydrogens is 208 g/mol. The normalized spacial score (nSPS) is 10.6. The molecule has 2 heterocycles. The highest BCUT2D eigenvalue weighted by atomic mass is 35.5. The van der Waals surface area contributed by atoms with E-state index in [1.807, 2.05) is 6.07 Å². The van der Waals surface area contributed by atoms with Crippen molar-refractivity contribution < 1.29 is 4.74 Å². The van der Waals surface area contributed by atoms with E-state index in [4.69, 9.17) is 16.3 Å². The second-order valence-electron chi connectivity index (χ2n) is 2.42. The molecular formula is C8H7ClN2OS. The lowest BCUT2D eigenvalue weighted by Gasteiger charge is -1.95. The van der Waals surface area contributed by atoms with Crippen molar-refractivity contribution in [3.05, 3.63) is 17.1 Å². The van der Waals surface area contributed by atoms with E-state index in [2.05, 4.69) is 9.97 Å². The van der Waals surface area contributed by atoms with Crippen LogP contribution in [0.25, 0.3) is 10.3 Å². The number of hydrogen-bond acceptors (Lipinski definition) is 4. The van der Waals surface area contributed by atoms with Gasteiger partial charge >= 0.3 is 0 Å². The zero-order valence-corrected chi connectivity index (χ0v) is 8.52. The second kappa shape index (κ2) is 3.47. The molecule has 0 unspecified atom stereocenters. The fraction of sp³-hybridized carbons (Fsp3) is 0.250. The summed E-state index contributed by atoms with van der Waals surface area (Å²) in [6.45, 7) is 0. The van der Waals surface area contributed by atoms with E-state index >= 15 is 0 Å². The zero-order chi connectivity index (χ0) is 9.26. The van der Waals surface area contributed by atoms with E-state index in [0.717, 1.165) is 15.4 Å². The van der Waals surface area contributed by atoms with E-state index < -0.39 is 0 Å². The summed E-state index contributed by atoms with van der Waals surface area (Å²) >= 11 is 7.15. The highest BCUT2D eigenvalue weighted by Gasteiger charge is 2.04. The number of fused-ring (bicyclic) bond motifs is 1. The monoisotopic (exact) mass is 214 g/mol. The molecule has 13 heavy (non-hydrogen) atoms. The first-order valence-electron chi connectivity index (χ1n) is 3.70. The Balaban J connectivity index is 2.57. The third-order valence-electron chi connectivity index (χ3n) is 1.60. The van der Waals surface area contributed by atoms with Gasteiger partial charge in [0, 0.05) is 6.07 Å². The standard InChI is InChI=1S/C8H7ClN2OS/c1-12-6-3-2-5-8(11-6)13-7(4-9)10-5/h2-3H,4H2,1H3. The maximum atomic E-state index is 5.66. The molecule has 0 radical (unpaired) electrons. The van der Waals surface area contributed by atoms with Crippen molar-refractivity contribution in [1.82, 2.24) is 9.97 Å². The summed E-state index contributed by atoms with van der Waals surface area (Å²) in [5, 5.41) is 0.886. The summed E-state index contributed by atoms with van der Waals surface area (Å²) in [7, 11) is 1.59. The molecule has 0 aromatic carbocycles. The summed E-state index contributed by atoms with van der Waals surface area (Å²) in [6, 6.07) is 3.67. The number of aromatic nitrogens is 2. The maximum Gasteiger partial charge on any atom is 0.214 e. The number of ether oxygens (including phenoxy) is 1. The number of alkyl halides is 1. The number of pyridine rings is 1. The van der Waals surface area contributed by atoms with Crippen LogP contribution in [0.1, 0.15) is 5.01 Å². The summed E-state index contributed by atoms with van der Waals surface area (Å²) in [5.74, 6) is 1.04. The quantitative estimate of drug-likeness (QED) is 0.721. The molecule has 0 aliphatic heterocycles. The number of thiazole rings is 1. The fourth-order valence-electron chi connectivity index (χ4n) is 1.02. The van der Waals surface area contributed by atoms with Crippen LogP contribution in [0.2, 0.25) is 0 Å². The third kappa shape index (κ3) is 1.59. The van der Waals surface area contributed by atoms with Gasteiger partial charge in [-0.05, 0) is 6.07 Å². The second-order valence-corrected chi connectivity index (χ2v) is 3.75. The Hall–Kier alpha value is -0.870. The van der Waals surface area contributed by atoms with Crippen molar-refractivity contribution in [1.29, 1.82) is 0 Å². The van der Waals surface area contributed by atoms with E-state index in [1.165, 1.54) is 11.3 Å². The van der Waals surface area contributed by atoms with Crippen LogP contribution < -0.4 is 4.74 Å². The zero-order valence-electron chi connectivity index (χ0n) is 6.95. The molecule has 2 aromatic heterocycles. The molecule has 2 rings (SSSR count). The van der Waals surface area contributed by atoms with Crippen LogP contribution in [0, 0.1) is 0 Å².